The molecule has 0 saturated carbocycles. The van der Waals surface area contributed by atoms with Crippen LogP contribution in [0.15, 0.2) is 54.6 Å². The maximum Gasteiger partial charge on any atom is 0.270 e. The van der Waals surface area contributed by atoms with Crippen molar-refractivity contribution in [3.05, 3.63) is 75.8 Å². The van der Waals surface area contributed by atoms with Gasteiger partial charge in [-0.15, -0.1) is 0 Å². The molecule has 1 saturated heterocycles. The lowest BCUT2D eigenvalue weighted by molar-refractivity contribution is -0.384. The van der Waals surface area contributed by atoms with Crippen molar-refractivity contribution < 1.29 is 14.5 Å². The number of morpholine rings is 1. The SMILES string of the molecule is O=C(c1cccc([N+](=O)[O-])c1)N1CCO[C@@H](c2ccccc2)C1. The summed E-state index contributed by atoms with van der Waals surface area (Å²) in [5.41, 5.74) is 1.26. The van der Waals surface area contributed by atoms with E-state index in [1.165, 1.54) is 18.2 Å². The molecule has 2 aromatic carbocycles. The van der Waals surface area contributed by atoms with Crippen molar-refractivity contribution in [3.8, 4) is 0 Å². The second kappa shape index (κ2) is 6.58. The van der Waals surface area contributed by atoms with E-state index < -0.39 is 4.92 Å². The average Bonchev–Trinajstić information content (AvgIpc) is 2.62. The molecule has 6 heteroatoms. The Balaban J connectivity index is 1.77. The molecule has 3 rings (SSSR count). The molecule has 1 aliphatic rings. The third-order valence-corrected chi connectivity index (χ3v) is 3.83. The van der Waals surface area contributed by atoms with Gasteiger partial charge >= 0.3 is 0 Å². The molecule has 23 heavy (non-hydrogen) atoms. The first-order valence-electron chi connectivity index (χ1n) is 7.35. The summed E-state index contributed by atoms with van der Waals surface area (Å²) >= 11 is 0. The fourth-order valence-electron chi connectivity index (χ4n) is 2.64. The number of hydrogen-bond donors (Lipinski definition) is 0. The number of amides is 1. The first kappa shape index (κ1) is 15.2. The standard InChI is InChI=1S/C17H16N2O4/c20-17(14-7-4-8-15(11-14)19(21)22)18-9-10-23-16(12-18)13-5-2-1-3-6-13/h1-8,11,16H,9-10,12H2/t16-/m1/s1. The number of nitrogens with zero attached hydrogens (tertiary/aromatic N) is 2. The molecule has 1 atom stereocenters. The van der Waals surface area contributed by atoms with Gasteiger partial charge in [-0.25, -0.2) is 0 Å². The Morgan fingerprint density at radius 2 is 1.96 bits per heavy atom. The van der Waals surface area contributed by atoms with Gasteiger partial charge < -0.3 is 9.64 Å². The molecule has 1 heterocycles. The maximum absolute atomic E-state index is 12.6. The predicted molar refractivity (Wildman–Crippen MR) is 84.1 cm³/mol. The molecule has 1 aliphatic heterocycles. The van der Waals surface area contributed by atoms with Crippen LogP contribution in [0.2, 0.25) is 0 Å². The summed E-state index contributed by atoms with van der Waals surface area (Å²) < 4.78 is 5.74. The Bertz CT molecular complexity index is 718. The summed E-state index contributed by atoms with van der Waals surface area (Å²) in [4.78, 5) is 24.6. The molecule has 1 amide bonds. The average molecular weight is 312 g/mol. The molecule has 0 spiro atoms. The van der Waals surface area contributed by atoms with E-state index in [1.807, 2.05) is 30.3 Å². The summed E-state index contributed by atoms with van der Waals surface area (Å²) in [5.74, 6) is -0.210. The van der Waals surface area contributed by atoms with Crippen molar-refractivity contribution in [2.75, 3.05) is 19.7 Å². The van der Waals surface area contributed by atoms with Crippen molar-refractivity contribution in [3.63, 3.8) is 0 Å². The van der Waals surface area contributed by atoms with Crippen LogP contribution in [0.1, 0.15) is 22.0 Å². The van der Waals surface area contributed by atoms with Crippen LogP contribution in [0.3, 0.4) is 0 Å². The smallest absolute Gasteiger partial charge is 0.270 e. The molecule has 0 aliphatic carbocycles. The van der Waals surface area contributed by atoms with E-state index >= 15 is 0 Å². The lowest BCUT2D eigenvalue weighted by atomic mass is 10.1. The number of ether oxygens (including phenoxy) is 1. The number of carbonyl (C=O) groups excluding carboxylic acids is 1. The fourth-order valence-corrected chi connectivity index (χ4v) is 2.64. The third kappa shape index (κ3) is 3.37. The van der Waals surface area contributed by atoms with Gasteiger partial charge in [-0.05, 0) is 11.6 Å². The Hall–Kier alpha value is -2.73. The number of benzene rings is 2. The quantitative estimate of drug-likeness (QED) is 0.645. The number of carbonyl (C=O) groups is 1. The van der Waals surface area contributed by atoms with Crippen molar-refractivity contribution in [2.45, 2.75) is 6.10 Å². The van der Waals surface area contributed by atoms with Crippen molar-refractivity contribution in [1.82, 2.24) is 4.90 Å². The van der Waals surface area contributed by atoms with Crippen molar-refractivity contribution in [1.29, 1.82) is 0 Å². The van der Waals surface area contributed by atoms with E-state index in [2.05, 4.69) is 0 Å². The van der Waals surface area contributed by atoms with Crippen LogP contribution in [0.25, 0.3) is 0 Å². The molecule has 118 valence electrons. The number of rotatable bonds is 3. The van der Waals surface area contributed by atoms with Crippen molar-refractivity contribution in [2.24, 2.45) is 0 Å². The fraction of sp³-hybridized carbons (Fsp3) is 0.235. The van der Waals surface area contributed by atoms with Gasteiger partial charge in [0.25, 0.3) is 11.6 Å². The van der Waals surface area contributed by atoms with Crippen molar-refractivity contribution >= 4 is 11.6 Å². The van der Waals surface area contributed by atoms with Crippen LogP contribution in [-0.4, -0.2) is 35.4 Å². The van der Waals surface area contributed by atoms with Gasteiger partial charge in [-0.1, -0.05) is 36.4 Å². The molecule has 1 fully saturated rings. The zero-order valence-electron chi connectivity index (χ0n) is 12.4. The zero-order chi connectivity index (χ0) is 16.2. The van der Waals surface area contributed by atoms with E-state index in [1.54, 1.807) is 11.0 Å². The molecule has 0 radical (unpaired) electrons. The van der Waals surface area contributed by atoms with Gasteiger partial charge in [0.05, 0.1) is 18.1 Å². The normalized spacial score (nSPS) is 17.7. The van der Waals surface area contributed by atoms with Gasteiger partial charge in [-0.2, -0.15) is 0 Å². The van der Waals surface area contributed by atoms with Crippen LogP contribution >= 0.6 is 0 Å². The summed E-state index contributed by atoms with van der Waals surface area (Å²) in [6.07, 6.45) is -0.174. The summed E-state index contributed by atoms with van der Waals surface area (Å²) in [7, 11) is 0. The molecule has 0 N–H and O–H groups in total. The summed E-state index contributed by atoms with van der Waals surface area (Å²) in [6.45, 7) is 1.36. The van der Waals surface area contributed by atoms with Gasteiger partial charge in [0.15, 0.2) is 0 Å². The molecule has 0 unspecified atom stereocenters. The van der Waals surface area contributed by atoms with Crippen LogP contribution in [0.5, 0.6) is 0 Å². The minimum atomic E-state index is -0.497. The number of hydrogen-bond acceptors (Lipinski definition) is 4. The Morgan fingerprint density at radius 1 is 1.17 bits per heavy atom. The zero-order valence-corrected chi connectivity index (χ0v) is 12.4. The minimum absolute atomic E-state index is 0.0799. The van der Waals surface area contributed by atoms with Crippen LogP contribution in [0.4, 0.5) is 5.69 Å². The molecular weight excluding hydrogens is 296 g/mol. The second-order valence-electron chi connectivity index (χ2n) is 5.33. The van der Waals surface area contributed by atoms with E-state index in [0.29, 0.717) is 25.3 Å². The summed E-state index contributed by atoms with van der Waals surface area (Å²) in [6, 6.07) is 15.5. The Labute approximate surface area is 133 Å². The van der Waals surface area contributed by atoms with Gasteiger partial charge in [-0.3, -0.25) is 14.9 Å². The van der Waals surface area contributed by atoms with E-state index in [9.17, 15) is 14.9 Å². The molecule has 2 aromatic rings. The van der Waals surface area contributed by atoms with Gasteiger partial charge in [0.2, 0.25) is 0 Å². The summed E-state index contributed by atoms with van der Waals surface area (Å²) in [5, 5.41) is 10.8. The highest BCUT2D eigenvalue weighted by Crippen LogP contribution is 2.23. The molecule has 0 bridgehead atoms. The molecule has 6 nitrogen and oxygen atoms in total. The highest BCUT2D eigenvalue weighted by atomic mass is 16.6. The van der Waals surface area contributed by atoms with Crippen LogP contribution in [-0.2, 0) is 4.74 Å². The highest BCUT2D eigenvalue weighted by Gasteiger charge is 2.26. The van der Waals surface area contributed by atoms with Gasteiger partial charge in [0.1, 0.15) is 6.10 Å². The maximum atomic E-state index is 12.6. The number of non-ortho nitro benzene ring substituents is 1. The minimum Gasteiger partial charge on any atom is -0.370 e. The monoisotopic (exact) mass is 312 g/mol. The Morgan fingerprint density at radius 3 is 2.70 bits per heavy atom. The van der Waals surface area contributed by atoms with E-state index in [4.69, 9.17) is 4.74 Å². The first-order valence-corrected chi connectivity index (χ1v) is 7.35. The van der Waals surface area contributed by atoms with Crippen LogP contribution in [0, 0.1) is 10.1 Å². The topological polar surface area (TPSA) is 72.7 Å². The predicted octanol–water partition coefficient (Wildman–Crippen LogP) is 2.81. The molecular formula is C17H16N2O4. The molecule has 0 aromatic heterocycles. The lowest BCUT2D eigenvalue weighted by Crippen LogP contribution is -2.42. The largest absolute Gasteiger partial charge is 0.370 e. The van der Waals surface area contributed by atoms with E-state index in [-0.39, 0.29) is 17.7 Å². The first-order chi connectivity index (χ1) is 11.1. The number of nitro benzene ring substituents is 1. The van der Waals surface area contributed by atoms with E-state index in [0.717, 1.165) is 5.56 Å². The third-order valence-electron chi connectivity index (χ3n) is 3.83. The lowest BCUT2D eigenvalue weighted by Gasteiger charge is -2.33. The highest BCUT2D eigenvalue weighted by molar-refractivity contribution is 5.94. The number of nitro groups is 1. The van der Waals surface area contributed by atoms with Crippen LogP contribution < -0.4 is 0 Å². The second-order valence-corrected chi connectivity index (χ2v) is 5.33. The van der Waals surface area contributed by atoms with Gasteiger partial charge in [0, 0.05) is 24.2 Å². The Kier molecular flexibility index (Phi) is 4.34.